The zero-order valence-corrected chi connectivity index (χ0v) is 11.9. The first-order chi connectivity index (χ1) is 9.75. The average molecular weight is 271 g/mol. The molecule has 0 unspecified atom stereocenters. The molecule has 1 aromatic heterocycles. The second-order valence-electron chi connectivity index (χ2n) is 5.48. The van der Waals surface area contributed by atoms with E-state index < -0.39 is 0 Å². The van der Waals surface area contributed by atoms with Gasteiger partial charge in [-0.2, -0.15) is 0 Å². The molecule has 0 radical (unpaired) electrons. The molecule has 1 saturated heterocycles. The third-order valence-electron chi connectivity index (χ3n) is 4.12. The molecule has 0 saturated carbocycles. The van der Waals surface area contributed by atoms with Gasteiger partial charge in [-0.15, -0.1) is 0 Å². The van der Waals surface area contributed by atoms with Gasteiger partial charge in [0.1, 0.15) is 0 Å². The number of fused-ring (bicyclic) bond motifs is 1. The third kappa shape index (κ3) is 2.56. The fourth-order valence-electron chi connectivity index (χ4n) is 2.94. The van der Waals surface area contributed by atoms with E-state index in [1.165, 1.54) is 12.8 Å². The smallest absolute Gasteiger partial charge is 0.252 e. The monoisotopic (exact) mass is 271 g/mol. The van der Waals surface area contributed by atoms with Crippen molar-refractivity contribution in [1.29, 1.82) is 0 Å². The van der Waals surface area contributed by atoms with E-state index in [-0.39, 0.29) is 5.56 Å². The lowest BCUT2D eigenvalue weighted by Gasteiger charge is -2.14. The maximum Gasteiger partial charge on any atom is 0.252 e. The van der Waals surface area contributed by atoms with Crippen LogP contribution < -0.4 is 16.2 Å². The van der Waals surface area contributed by atoms with Crippen LogP contribution in [0.5, 0.6) is 0 Å². The molecule has 2 heterocycles. The number of rotatable bonds is 4. The fraction of sp³-hybridized carbons (Fsp3) is 0.438. The van der Waals surface area contributed by atoms with Gasteiger partial charge in [-0.3, -0.25) is 4.79 Å². The highest BCUT2D eigenvalue weighted by Gasteiger charge is 2.13. The van der Waals surface area contributed by atoms with Gasteiger partial charge in [0.15, 0.2) is 0 Å². The van der Waals surface area contributed by atoms with Crippen LogP contribution in [0.2, 0.25) is 0 Å². The van der Waals surface area contributed by atoms with Crippen molar-refractivity contribution in [2.75, 3.05) is 18.4 Å². The summed E-state index contributed by atoms with van der Waals surface area (Å²) in [5, 5.41) is 8.03. The molecular weight excluding hydrogens is 250 g/mol. The molecule has 1 fully saturated rings. The van der Waals surface area contributed by atoms with Crippen molar-refractivity contribution in [1.82, 2.24) is 9.88 Å². The second-order valence-corrected chi connectivity index (χ2v) is 5.48. The molecule has 0 amide bonds. The Labute approximate surface area is 118 Å². The van der Waals surface area contributed by atoms with E-state index in [1.807, 2.05) is 25.2 Å². The van der Waals surface area contributed by atoms with E-state index in [0.29, 0.717) is 6.04 Å². The molecule has 1 aromatic carbocycles. The second kappa shape index (κ2) is 5.67. The Kier molecular flexibility index (Phi) is 3.74. The van der Waals surface area contributed by atoms with Crippen molar-refractivity contribution in [3.05, 3.63) is 40.7 Å². The van der Waals surface area contributed by atoms with E-state index >= 15 is 0 Å². The van der Waals surface area contributed by atoms with Crippen LogP contribution in [0.3, 0.4) is 0 Å². The summed E-state index contributed by atoms with van der Waals surface area (Å²) in [6, 6.07) is 10.3. The molecule has 20 heavy (non-hydrogen) atoms. The van der Waals surface area contributed by atoms with E-state index in [2.05, 4.69) is 16.7 Å². The van der Waals surface area contributed by atoms with Gasteiger partial charge in [-0.1, -0.05) is 18.2 Å². The zero-order chi connectivity index (χ0) is 13.9. The van der Waals surface area contributed by atoms with E-state index in [0.717, 1.165) is 36.1 Å². The summed E-state index contributed by atoms with van der Waals surface area (Å²) < 4.78 is 1.69. The van der Waals surface area contributed by atoms with Crippen molar-refractivity contribution in [2.24, 2.45) is 7.05 Å². The normalized spacial score (nSPS) is 18.6. The SMILES string of the molecule is Cn1c(=O)cc(NCC[C@@H]2CCCN2)c2ccccc21. The summed E-state index contributed by atoms with van der Waals surface area (Å²) in [5.41, 5.74) is 1.95. The minimum atomic E-state index is 0.0326. The van der Waals surface area contributed by atoms with Crippen LogP contribution in [0, 0.1) is 0 Å². The van der Waals surface area contributed by atoms with Crippen LogP contribution in [0.1, 0.15) is 19.3 Å². The quantitative estimate of drug-likeness (QED) is 0.895. The Balaban J connectivity index is 1.80. The first-order valence-electron chi connectivity index (χ1n) is 7.32. The van der Waals surface area contributed by atoms with Gasteiger partial charge in [0.05, 0.1) is 5.52 Å². The number of benzene rings is 1. The summed E-state index contributed by atoms with van der Waals surface area (Å²) in [6.45, 7) is 2.04. The van der Waals surface area contributed by atoms with Crippen molar-refractivity contribution >= 4 is 16.6 Å². The molecule has 2 aromatic rings. The maximum atomic E-state index is 12.0. The topological polar surface area (TPSA) is 46.1 Å². The lowest BCUT2D eigenvalue weighted by Crippen LogP contribution is -2.24. The van der Waals surface area contributed by atoms with Gasteiger partial charge in [-0.25, -0.2) is 0 Å². The molecule has 1 atom stereocenters. The highest BCUT2D eigenvalue weighted by Crippen LogP contribution is 2.21. The van der Waals surface area contributed by atoms with Gasteiger partial charge in [-0.05, 0) is 31.9 Å². The summed E-state index contributed by atoms with van der Waals surface area (Å²) in [4.78, 5) is 12.0. The predicted molar refractivity (Wildman–Crippen MR) is 83.3 cm³/mol. The number of hydrogen-bond acceptors (Lipinski definition) is 3. The first-order valence-corrected chi connectivity index (χ1v) is 7.32. The highest BCUT2D eigenvalue weighted by molar-refractivity contribution is 5.91. The lowest BCUT2D eigenvalue weighted by atomic mass is 10.1. The first kappa shape index (κ1) is 13.2. The molecule has 0 bridgehead atoms. The lowest BCUT2D eigenvalue weighted by molar-refractivity contribution is 0.574. The Morgan fingerprint density at radius 3 is 3.05 bits per heavy atom. The van der Waals surface area contributed by atoms with Crippen LogP contribution in [-0.2, 0) is 7.05 Å². The molecule has 2 N–H and O–H groups in total. The Morgan fingerprint density at radius 1 is 1.40 bits per heavy atom. The Morgan fingerprint density at radius 2 is 2.25 bits per heavy atom. The van der Waals surface area contributed by atoms with Crippen LogP contribution in [0.15, 0.2) is 35.1 Å². The number of nitrogens with one attached hydrogen (secondary N) is 2. The number of aryl methyl sites for hydroxylation is 1. The van der Waals surface area contributed by atoms with Crippen molar-refractivity contribution in [3.63, 3.8) is 0 Å². The molecular formula is C16H21N3O. The van der Waals surface area contributed by atoms with Gasteiger partial charge < -0.3 is 15.2 Å². The third-order valence-corrected chi connectivity index (χ3v) is 4.12. The maximum absolute atomic E-state index is 12.0. The van der Waals surface area contributed by atoms with Crippen molar-refractivity contribution in [3.8, 4) is 0 Å². The standard InChI is InChI=1S/C16H21N3O/c1-19-15-7-3-2-6-13(15)14(11-16(19)20)18-10-8-12-5-4-9-17-12/h2-3,6-7,11-12,17-18H,4-5,8-10H2,1H3/t12-/m0/s1. The Bertz CT molecular complexity index is 656. The molecule has 106 valence electrons. The van der Waals surface area contributed by atoms with E-state index in [9.17, 15) is 4.79 Å². The molecule has 0 spiro atoms. The predicted octanol–water partition coefficient (Wildman–Crippen LogP) is 2.09. The number of nitrogens with zero attached hydrogens (tertiary/aromatic N) is 1. The molecule has 4 heteroatoms. The number of aromatic nitrogens is 1. The summed E-state index contributed by atoms with van der Waals surface area (Å²) >= 11 is 0. The fourth-order valence-corrected chi connectivity index (χ4v) is 2.94. The number of para-hydroxylation sites is 1. The summed E-state index contributed by atoms with van der Waals surface area (Å²) in [5.74, 6) is 0. The van der Waals surface area contributed by atoms with E-state index in [1.54, 1.807) is 10.6 Å². The van der Waals surface area contributed by atoms with Crippen molar-refractivity contribution < 1.29 is 0 Å². The number of hydrogen-bond donors (Lipinski definition) is 2. The van der Waals surface area contributed by atoms with Crippen LogP contribution in [-0.4, -0.2) is 23.7 Å². The molecule has 0 aliphatic carbocycles. The van der Waals surface area contributed by atoms with Crippen LogP contribution in [0.25, 0.3) is 10.9 Å². The minimum absolute atomic E-state index is 0.0326. The minimum Gasteiger partial charge on any atom is -0.384 e. The van der Waals surface area contributed by atoms with Gasteiger partial charge >= 0.3 is 0 Å². The van der Waals surface area contributed by atoms with Crippen LogP contribution >= 0.6 is 0 Å². The average Bonchev–Trinajstić information content (AvgIpc) is 2.97. The Hall–Kier alpha value is -1.81. The zero-order valence-electron chi connectivity index (χ0n) is 11.9. The van der Waals surface area contributed by atoms with Crippen molar-refractivity contribution in [2.45, 2.75) is 25.3 Å². The van der Waals surface area contributed by atoms with Gasteiger partial charge in [0.25, 0.3) is 5.56 Å². The number of pyridine rings is 1. The molecule has 3 rings (SSSR count). The van der Waals surface area contributed by atoms with Crippen LogP contribution in [0.4, 0.5) is 5.69 Å². The largest absolute Gasteiger partial charge is 0.384 e. The molecule has 4 nitrogen and oxygen atoms in total. The van der Waals surface area contributed by atoms with E-state index in [4.69, 9.17) is 0 Å². The van der Waals surface area contributed by atoms with Gasteiger partial charge in [0, 0.05) is 36.8 Å². The summed E-state index contributed by atoms with van der Waals surface area (Å²) in [7, 11) is 1.82. The molecule has 1 aliphatic heterocycles. The number of anilines is 1. The molecule has 1 aliphatic rings. The summed E-state index contributed by atoms with van der Waals surface area (Å²) in [6.07, 6.45) is 3.64. The van der Waals surface area contributed by atoms with Gasteiger partial charge in [0.2, 0.25) is 0 Å². The highest BCUT2D eigenvalue weighted by atomic mass is 16.1.